The van der Waals surface area contributed by atoms with E-state index in [1.54, 1.807) is 6.92 Å². The second-order valence-electron chi connectivity index (χ2n) is 3.64. The topological polar surface area (TPSA) is 54.6 Å². The number of imidazole rings is 1. The number of carboxylic acid groups (broad SMARTS) is 1. The summed E-state index contributed by atoms with van der Waals surface area (Å²) in [4.78, 5) is 14.3. The smallest absolute Gasteiger partial charge is 0.435 e. The van der Waals surface area contributed by atoms with E-state index in [1.165, 1.54) is 12.3 Å². The summed E-state index contributed by atoms with van der Waals surface area (Å²) < 4.78 is 39.5. The average Bonchev–Trinajstić information content (AvgIpc) is 2.56. The number of fused-ring (bicyclic) bond motifs is 1. The lowest BCUT2D eigenvalue weighted by Gasteiger charge is -2.04. The van der Waals surface area contributed by atoms with Crippen molar-refractivity contribution in [2.45, 2.75) is 13.1 Å². The van der Waals surface area contributed by atoms with E-state index < -0.39 is 23.5 Å². The fraction of sp³-hybridized carbons (Fsp3) is 0.200. The van der Waals surface area contributed by atoms with Crippen molar-refractivity contribution in [3.63, 3.8) is 0 Å². The van der Waals surface area contributed by atoms with Crippen molar-refractivity contribution in [1.82, 2.24) is 9.38 Å². The summed E-state index contributed by atoms with van der Waals surface area (Å²) in [5, 5.41) is 8.90. The van der Waals surface area contributed by atoms with Crippen molar-refractivity contribution in [1.29, 1.82) is 0 Å². The first-order valence-electron chi connectivity index (χ1n) is 4.70. The van der Waals surface area contributed by atoms with Crippen LogP contribution in [0.3, 0.4) is 0 Å². The van der Waals surface area contributed by atoms with E-state index in [1.807, 2.05) is 0 Å². The molecule has 2 aromatic rings. The maximum atomic E-state index is 12.7. The van der Waals surface area contributed by atoms with Gasteiger partial charge in [0.1, 0.15) is 5.65 Å². The molecule has 0 atom stereocenters. The van der Waals surface area contributed by atoms with Gasteiger partial charge in [-0.3, -0.25) is 4.40 Å². The van der Waals surface area contributed by atoms with Crippen LogP contribution in [0.1, 0.15) is 21.7 Å². The van der Waals surface area contributed by atoms with Gasteiger partial charge >= 0.3 is 12.1 Å². The third kappa shape index (κ3) is 1.96. The Hall–Kier alpha value is -1.57. The van der Waals surface area contributed by atoms with E-state index in [2.05, 4.69) is 20.9 Å². The third-order valence-corrected chi connectivity index (χ3v) is 3.20. The summed E-state index contributed by atoms with van der Waals surface area (Å²) in [6.07, 6.45) is -3.55. The zero-order chi connectivity index (χ0) is 13.7. The van der Waals surface area contributed by atoms with Gasteiger partial charge in [0.05, 0.1) is 0 Å². The quantitative estimate of drug-likeness (QED) is 0.877. The molecule has 2 heterocycles. The van der Waals surface area contributed by atoms with Crippen molar-refractivity contribution < 1.29 is 23.1 Å². The molecule has 1 N–H and O–H groups in total. The van der Waals surface area contributed by atoms with Crippen molar-refractivity contribution in [2.75, 3.05) is 0 Å². The maximum Gasteiger partial charge on any atom is 0.435 e. The van der Waals surface area contributed by atoms with Crippen LogP contribution in [0.4, 0.5) is 13.2 Å². The minimum absolute atomic E-state index is 0.0552. The van der Waals surface area contributed by atoms with Gasteiger partial charge in [-0.1, -0.05) is 0 Å². The average molecular weight is 323 g/mol. The van der Waals surface area contributed by atoms with Gasteiger partial charge in [0.25, 0.3) is 0 Å². The van der Waals surface area contributed by atoms with Gasteiger partial charge in [0.15, 0.2) is 11.4 Å². The molecule has 0 spiro atoms. The summed E-state index contributed by atoms with van der Waals surface area (Å²) in [5.74, 6) is -1.68. The predicted molar refractivity (Wildman–Crippen MR) is 59.6 cm³/mol. The number of carboxylic acids is 1. The van der Waals surface area contributed by atoms with Gasteiger partial charge in [0.2, 0.25) is 0 Å². The molecular formula is C10H6BrF3N2O2. The normalized spacial score (nSPS) is 12.1. The molecule has 0 aromatic carbocycles. The highest BCUT2D eigenvalue weighted by molar-refractivity contribution is 9.10. The number of pyridine rings is 1. The highest BCUT2D eigenvalue weighted by Crippen LogP contribution is 2.32. The molecular weight excluding hydrogens is 317 g/mol. The molecule has 0 unspecified atom stereocenters. The summed E-state index contributed by atoms with van der Waals surface area (Å²) in [6.45, 7) is 1.67. The number of alkyl halides is 3. The lowest BCUT2D eigenvalue weighted by molar-refractivity contribution is -0.141. The summed E-state index contributed by atoms with van der Waals surface area (Å²) in [6, 6.07) is 1.38. The molecule has 18 heavy (non-hydrogen) atoms. The molecule has 0 fully saturated rings. The Balaban J connectivity index is 2.89. The monoisotopic (exact) mass is 322 g/mol. The molecule has 4 nitrogen and oxygen atoms in total. The number of carbonyl (C=O) groups is 1. The molecule has 0 saturated heterocycles. The van der Waals surface area contributed by atoms with E-state index in [0.717, 1.165) is 4.40 Å². The number of hydrogen-bond acceptors (Lipinski definition) is 2. The predicted octanol–water partition coefficient (Wildman–Crippen LogP) is 3.12. The second-order valence-corrected chi connectivity index (χ2v) is 4.50. The highest BCUT2D eigenvalue weighted by atomic mass is 79.9. The Morgan fingerprint density at radius 2 is 2.11 bits per heavy atom. The minimum atomic E-state index is -4.81. The van der Waals surface area contributed by atoms with Crippen LogP contribution in [0, 0.1) is 6.92 Å². The van der Waals surface area contributed by atoms with Gasteiger partial charge in [-0.25, -0.2) is 9.78 Å². The first-order valence-corrected chi connectivity index (χ1v) is 5.50. The maximum absolute atomic E-state index is 12.7. The standard InChI is InChI=1S/C10H6BrF3N2O2/c1-4-2-6-15-8(10(12,13)14)7(9(17)18)16(6)3-5(4)11/h2-3H,1H3,(H,17,18). The molecule has 0 aliphatic carbocycles. The molecule has 2 aromatic heterocycles. The number of aromatic nitrogens is 2. The van der Waals surface area contributed by atoms with Gasteiger partial charge in [-0.2, -0.15) is 13.2 Å². The molecule has 8 heteroatoms. The van der Waals surface area contributed by atoms with Gasteiger partial charge in [-0.05, 0) is 34.5 Å². The van der Waals surface area contributed by atoms with Crippen LogP contribution >= 0.6 is 15.9 Å². The zero-order valence-electron chi connectivity index (χ0n) is 8.92. The SMILES string of the molecule is Cc1cc2nc(C(F)(F)F)c(C(=O)O)n2cc1Br. The Kier molecular flexibility index (Phi) is 2.84. The van der Waals surface area contributed by atoms with E-state index in [4.69, 9.17) is 5.11 Å². The molecule has 0 amide bonds. The summed E-state index contributed by atoms with van der Waals surface area (Å²) in [5.41, 5.74) is -1.68. The third-order valence-electron chi connectivity index (χ3n) is 2.37. The largest absolute Gasteiger partial charge is 0.476 e. The highest BCUT2D eigenvalue weighted by Gasteiger charge is 2.40. The summed E-state index contributed by atoms with van der Waals surface area (Å²) in [7, 11) is 0. The molecule has 0 radical (unpaired) electrons. The fourth-order valence-corrected chi connectivity index (χ4v) is 1.88. The van der Waals surface area contributed by atoms with E-state index >= 15 is 0 Å². The number of aryl methyl sites for hydroxylation is 1. The van der Waals surface area contributed by atoms with Crippen LogP contribution in [0.2, 0.25) is 0 Å². The fourth-order valence-electron chi connectivity index (χ4n) is 1.56. The molecule has 2 rings (SSSR count). The van der Waals surface area contributed by atoms with Crippen LogP contribution < -0.4 is 0 Å². The van der Waals surface area contributed by atoms with Crippen LogP contribution in [-0.2, 0) is 6.18 Å². The van der Waals surface area contributed by atoms with Crippen LogP contribution in [-0.4, -0.2) is 20.5 Å². The number of hydrogen-bond donors (Lipinski definition) is 1. The lowest BCUT2D eigenvalue weighted by atomic mass is 10.3. The molecule has 0 bridgehead atoms. The van der Waals surface area contributed by atoms with Crippen LogP contribution in [0.15, 0.2) is 16.7 Å². The second kappa shape index (κ2) is 3.98. The molecule has 96 valence electrons. The Labute approximate surface area is 107 Å². The zero-order valence-corrected chi connectivity index (χ0v) is 10.5. The minimum Gasteiger partial charge on any atom is -0.476 e. The number of rotatable bonds is 1. The van der Waals surface area contributed by atoms with Gasteiger partial charge in [-0.15, -0.1) is 0 Å². The van der Waals surface area contributed by atoms with Crippen LogP contribution in [0.25, 0.3) is 5.65 Å². The first-order chi connectivity index (χ1) is 8.21. The van der Waals surface area contributed by atoms with Gasteiger partial charge < -0.3 is 5.11 Å². The molecule has 0 aliphatic rings. The molecule has 0 aliphatic heterocycles. The van der Waals surface area contributed by atoms with E-state index in [0.29, 0.717) is 10.0 Å². The van der Waals surface area contributed by atoms with Crippen molar-refractivity contribution in [3.8, 4) is 0 Å². The van der Waals surface area contributed by atoms with Crippen LogP contribution in [0.5, 0.6) is 0 Å². The Bertz CT molecular complexity index is 649. The van der Waals surface area contributed by atoms with Crippen molar-refractivity contribution in [2.24, 2.45) is 0 Å². The van der Waals surface area contributed by atoms with Crippen molar-refractivity contribution >= 4 is 27.5 Å². The van der Waals surface area contributed by atoms with Crippen molar-refractivity contribution in [3.05, 3.63) is 33.7 Å². The first kappa shape index (κ1) is 12.9. The molecule has 0 saturated carbocycles. The number of aromatic carboxylic acids is 1. The Morgan fingerprint density at radius 3 is 2.61 bits per heavy atom. The number of nitrogens with zero attached hydrogens (tertiary/aromatic N) is 2. The van der Waals surface area contributed by atoms with E-state index in [-0.39, 0.29) is 5.65 Å². The van der Waals surface area contributed by atoms with E-state index in [9.17, 15) is 18.0 Å². The Morgan fingerprint density at radius 1 is 1.50 bits per heavy atom. The number of halogens is 4. The lowest BCUT2D eigenvalue weighted by Crippen LogP contribution is -2.13. The van der Waals surface area contributed by atoms with Gasteiger partial charge in [0, 0.05) is 10.7 Å². The summed E-state index contributed by atoms with van der Waals surface area (Å²) >= 11 is 3.14.